The molecule has 1 unspecified atom stereocenters. The van der Waals surface area contributed by atoms with E-state index in [1.54, 1.807) is 18.2 Å². The predicted octanol–water partition coefficient (Wildman–Crippen LogP) is 6.38. The standard InChI is InChI=1S/C18H13BrClF/c1-11-9-10-14(13-6-3-2-5-12(11)13)17(20)15-7-4-8-16(19)18(15)21/h2-10,17H,1H3. The molecule has 106 valence electrons. The van der Waals surface area contributed by atoms with Gasteiger partial charge in [0.1, 0.15) is 5.82 Å². The van der Waals surface area contributed by atoms with E-state index in [0.717, 1.165) is 16.3 Å². The van der Waals surface area contributed by atoms with E-state index in [4.69, 9.17) is 11.6 Å². The van der Waals surface area contributed by atoms with Gasteiger partial charge in [0.05, 0.1) is 9.85 Å². The minimum atomic E-state index is -0.520. The fourth-order valence-corrected chi connectivity index (χ4v) is 3.32. The Morgan fingerprint density at radius 2 is 1.62 bits per heavy atom. The Kier molecular flexibility index (Phi) is 4.01. The maximum absolute atomic E-state index is 14.3. The molecule has 0 saturated heterocycles. The summed E-state index contributed by atoms with van der Waals surface area (Å²) in [7, 11) is 0. The number of rotatable bonds is 2. The molecule has 0 nitrogen and oxygen atoms in total. The monoisotopic (exact) mass is 362 g/mol. The van der Waals surface area contributed by atoms with Crippen LogP contribution in [0, 0.1) is 12.7 Å². The van der Waals surface area contributed by atoms with Gasteiger partial charge in [-0.15, -0.1) is 11.6 Å². The zero-order chi connectivity index (χ0) is 15.0. The molecule has 0 fully saturated rings. The molecule has 0 aliphatic heterocycles. The summed E-state index contributed by atoms with van der Waals surface area (Å²) in [6.45, 7) is 2.06. The van der Waals surface area contributed by atoms with Crippen LogP contribution in [0.2, 0.25) is 0 Å². The summed E-state index contributed by atoms with van der Waals surface area (Å²) in [5, 5.41) is 1.70. The second-order valence-corrected chi connectivity index (χ2v) is 6.31. The summed E-state index contributed by atoms with van der Waals surface area (Å²) in [6, 6.07) is 17.3. The highest BCUT2D eigenvalue weighted by atomic mass is 79.9. The molecule has 0 spiro atoms. The fraction of sp³-hybridized carbons (Fsp3) is 0.111. The average molecular weight is 364 g/mol. The van der Waals surface area contributed by atoms with E-state index in [1.165, 1.54) is 5.56 Å². The zero-order valence-corrected chi connectivity index (χ0v) is 13.7. The van der Waals surface area contributed by atoms with E-state index in [0.29, 0.717) is 10.0 Å². The van der Waals surface area contributed by atoms with Crippen LogP contribution in [0.5, 0.6) is 0 Å². The molecule has 0 bridgehead atoms. The lowest BCUT2D eigenvalue weighted by Gasteiger charge is -2.16. The second-order valence-electron chi connectivity index (χ2n) is 5.02. The van der Waals surface area contributed by atoms with Crippen molar-refractivity contribution in [1.82, 2.24) is 0 Å². The molecule has 3 aromatic rings. The smallest absolute Gasteiger partial charge is 0.142 e. The van der Waals surface area contributed by atoms with Crippen molar-refractivity contribution in [3.8, 4) is 0 Å². The Balaban J connectivity index is 2.21. The van der Waals surface area contributed by atoms with Gasteiger partial charge in [0.2, 0.25) is 0 Å². The molecule has 0 N–H and O–H groups in total. The fourth-order valence-electron chi connectivity index (χ4n) is 2.58. The number of aryl methyl sites for hydroxylation is 1. The number of benzene rings is 3. The quantitative estimate of drug-likeness (QED) is 0.463. The van der Waals surface area contributed by atoms with Gasteiger partial charge in [0.25, 0.3) is 0 Å². The van der Waals surface area contributed by atoms with Gasteiger partial charge in [0.15, 0.2) is 0 Å². The van der Waals surface area contributed by atoms with E-state index in [-0.39, 0.29) is 5.82 Å². The molecule has 3 aromatic carbocycles. The molecule has 0 aliphatic carbocycles. The highest BCUT2D eigenvalue weighted by Crippen LogP contribution is 2.37. The number of hydrogen-bond donors (Lipinski definition) is 0. The molecular weight excluding hydrogens is 351 g/mol. The Bertz CT molecular complexity index is 813. The van der Waals surface area contributed by atoms with Crippen molar-refractivity contribution < 1.29 is 4.39 Å². The van der Waals surface area contributed by atoms with Crippen LogP contribution in [0.3, 0.4) is 0 Å². The molecule has 0 amide bonds. The summed E-state index contributed by atoms with van der Waals surface area (Å²) in [6.07, 6.45) is 0. The van der Waals surface area contributed by atoms with Crippen molar-refractivity contribution >= 4 is 38.3 Å². The third-order valence-electron chi connectivity index (χ3n) is 3.70. The van der Waals surface area contributed by atoms with E-state index < -0.39 is 5.38 Å². The minimum absolute atomic E-state index is 0.304. The van der Waals surface area contributed by atoms with Gasteiger partial charge in [-0.3, -0.25) is 0 Å². The van der Waals surface area contributed by atoms with Crippen molar-refractivity contribution in [1.29, 1.82) is 0 Å². The average Bonchev–Trinajstić information content (AvgIpc) is 2.50. The van der Waals surface area contributed by atoms with Crippen LogP contribution in [0.15, 0.2) is 59.1 Å². The number of fused-ring (bicyclic) bond motifs is 1. The van der Waals surface area contributed by atoms with Crippen LogP contribution in [0.25, 0.3) is 10.8 Å². The molecule has 1 atom stereocenters. The molecule has 21 heavy (non-hydrogen) atoms. The predicted molar refractivity (Wildman–Crippen MR) is 90.5 cm³/mol. The number of alkyl halides is 1. The van der Waals surface area contributed by atoms with Gasteiger partial charge in [0, 0.05) is 5.56 Å². The Morgan fingerprint density at radius 1 is 0.905 bits per heavy atom. The van der Waals surface area contributed by atoms with E-state index in [9.17, 15) is 4.39 Å². The first-order chi connectivity index (χ1) is 10.1. The first-order valence-electron chi connectivity index (χ1n) is 6.66. The lowest BCUT2D eigenvalue weighted by atomic mass is 9.95. The molecule has 0 aliphatic rings. The summed E-state index contributed by atoms with van der Waals surface area (Å²) in [4.78, 5) is 0. The summed E-state index contributed by atoms with van der Waals surface area (Å²) < 4.78 is 14.7. The van der Waals surface area contributed by atoms with E-state index in [2.05, 4.69) is 28.9 Å². The van der Waals surface area contributed by atoms with Crippen LogP contribution < -0.4 is 0 Å². The van der Waals surface area contributed by atoms with Gasteiger partial charge in [-0.2, -0.15) is 0 Å². The summed E-state index contributed by atoms with van der Waals surface area (Å²) in [5.41, 5.74) is 2.60. The van der Waals surface area contributed by atoms with Crippen LogP contribution in [-0.2, 0) is 0 Å². The van der Waals surface area contributed by atoms with Crippen molar-refractivity contribution in [2.75, 3.05) is 0 Å². The SMILES string of the molecule is Cc1ccc(C(Cl)c2cccc(Br)c2F)c2ccccc12. The number of hydrogen-bond acceptors (Lipinski definition) is 0. The Hall–Kier alpha value is -1.38. The van der Waals surface area contributed by atoms with Crippen molar-refractivity contribution in [3.05, 3.63) is 81.6 Å². The van der Waals surface area contributed by atoms with Crippen LogP contribution in [0.4, 0.5) is 4.39 Å². The molecule has 0 aromatic heterocycles. The molecule has 0 radical (unpaired) electrons. The highest BCUT2D eigenvalue weighted by molar-refractivity contribution is 9.10. The van der Waals surface area contributed by atoms with Crippen LogP contribution >= 0.6 is 27.5 Å². The number of halogens is 3. The van der Waals surface area contributed by atoms with Crippen LogP contribution in [0.1, 0.15) is 22.1 Å². The van der Waals surface area contributed by atoms with Crippen molar-refractivity contribution in [2.45, 2.75) is 12.3 Å². The minimum Gasteiger partial charge on any atom is -0.205 e. The Morgan fingerprint density at radius 3 is 2.38 bits per heavy atom. The molecular formula is C18H13BrClF. The van der Waals surface area contributed by atoms with Gasteiger partial charge in [-0.1, -0.05) is 48.5 Å². The molecule has 3 heteroatoms. The van der Waals surface area contributed by atoms with Crippen molar-refractivity contribution in [2.24, 2.45) is 0 Å². The lowest BCUT2D eigenvalue weighted by Crippen LogP contribution is -1.99. The van der Waals surface area contributed by atoms with Crippen molar-refractivity contribution in [3.63, 3.8) is 0 Å². The maximum atomic E-state index is 14.3. The first kappa shape index (κ1) is 14.6. The van der Waals surface area contributed by atoms with E-state index in [1.807, 2.05) is 30.3 Å². The van der Waals surface area contributed by atoms with Gasteiger partial charge < -0.3 is 0 Å². The third kappa shape index (κ3) is 2.58. The molecule has 0 saturated carbocycles. The van der Waals surface area contributed by atoms with Gasteiger partial charge in [-0.25, -0.2) is 4.39 Å². The summed E-state index contributed by atoms with van der Waals surface area (Å²) in [5.74, 6) is -0.304. The second kappa shape index (κ2) is 5.78. The van der Waals surface area contributed by atoms with Gasteiger partial charge >= 0.3 is 0 Å². The lowest BCUT2D eigenvalue weighted by molar-refractivity contribution is 0.606. The highest BCUT2D eigenvalue weighted by Gasteiger charge is 2.19. The normalized spacial score (nSPS) is 12.6. The van der Waals surface area contributed by atoms with E-state index >= 15 is 0 Å². The maximum Gasteiger partial charge on any atom is 0.142 e. The summed E-state index contributed by atoms with van der Waals surface area (Å²) >= 11 is 9.79. The zero-order valence-electron chi connectivity index (χ0n) is 11.4. The van der Waals surface area contributed by atoms with Crippen LogP contribution in [-0.4, -0.2) is 0 Å². The molecule has 0 heterocycles. The topological polar surface area (TPSA) is 0 Å². The van der Waals surface area contributed by atoms with Gasteiger partial charge in [-0.05, 0) is 50.8 Å². The Labute approximate surface area is 136 Å². The third-order valence-corrected chi connectivity index (χ3v) is 4.79. The molecule has 3 rings (SSSR count). The largest absolute Gasteiger partial charge is 0.205 e. The first-order valence-corrected chi connectivity index (χ1v) is 7.89.